The number of hydrogen-bond acceptors (Lipinski definition) is 9. The van der Waals surface area contributed by atoms with Gasteiger partial charge in [-0.25, -0.2) is 5.41 Å². The third-order valence-electron chi connectivity index (χ3n) is 6.88. The minimum absolute atomic E-state index is 0.00709. The number of anilines is 1. The first-order valence-corrected chi connectivity index (χ1v) is 13.8. The predicted molar refractivity (Wildman–Crippen MR) is 153 cm³/mol. The summed E-state index contributed by atoms with van der Waals surface area (Å²) in [5.74, 6) is 0.627. The van der Waals surface area contributed by atoms with Crippen LogP contribution in [0.4, 0.5) is 19.0 Å². The summed E-state index contributed by atoms with van der Waals surface area (Å²) in [6.45, 7) is 0.542. The third kappa shape index (κ3) is 7.53. The number of halogens is 4. The maximum atomic E-state index is 13.0. The molecule has 220 valence electrons. The van der Waals surface area contributed by atoms with Crippen LogP contribution in [0.2, 0.25) is 0 Å². The van der Waals surface area contributed by atoms with Crippen molar-refractivity contribution in [3.8, 4) is 6.01 Å². The number of benzene rings is 1. The van der Waals surface area contributed by atoms with Gasteiger partial charge in [0.05, 0.1) is 43.9 Å². The van der Waals surface area contributed by atoms with Crippen LogP contribution in [-0.4, -0.2) is 71.6 Å². The van der Waals surface area contributed by atoms with Crippen LogP contribution in [0.5, 0.6) is 6.01 Å². The Kier molecular flexibility index (Phi) is 9.52. The maximum Gasteiger partial charge on any atom is 0.393 e. The van der Waals surface area contributed by atoms with Gasteiger partial charge in [-0.15, -0.1) is 11.3 Å². The molecule has 2 aromatic heterocycles. The smallest absolute Gasteiger partial charge is 0.393 e. The number of nitrogens with zero attached hydrogens (tertiary/aromatic N) is 3. The first kappa shape index (κ1) is 30.7. The first-order chi connectivity index (χ1) is 19.4. The molecule has 0 unspecified atom stereocenters. The van der Waals surface area contributed by atoms with E-state index in [9.17, 15) is 18.3 Å². The molecule has 3 atom stereocenters. The minimum atomic E-state index is -4.34. The number of likely N-dealkylation sites (N-methyl/N-ethyl adjacent to an activating group) is 1. The van der Waals surface area contributed by atoms with Crippen LogP contribution < -0.4 is 20.4 Å². The van der Waals surface area contributed by atoms with Crippen molar-refractivity contribution in [3.63, 3.8) is 0 Å². The Bertz CT molecular complexity index is 1450. The largest absolute Gasteiger partial charge is 0.490 e. The van der Waals surface area contributed by atoms with Gasteiger partial charge in [0.25, 0.3) is 0 Å². The van der Waals surface area contributed by atoms with Crippen molar-refractivity contribution < 1.29 is 33.2 Å². The number of rotatable bonds is 11. The van der Waals surface area contributed by atoms with Crippen LogP contribution in [0.15, 0.2) is 42.2 Å². The molecule has 2 heterocycles. The number of aliphatic hydroxyl groups excluding tert-OH is 1. The Labute approximate surface area is 244 Å². The molecule has 41 heavy (non-hydrogen) atoms. The van der Waals surface area contributed by atoms with Gasteiger partial charge in [-0.2, -0.15) is 23.1 Å². The van der Waals surface area contributed by atoms with E-state index < -0.39 is 18.7 Å². The third-order valence-corrected chi connectivity index (χ3v) is 8.09. The van der Waals surface area contributed by atoms with E-state index in [1.165, 1.54) is 26.4 Å². The average molecular weight is 612 g/mol. The summed E-state index contributed by atoms with van der Waals surface area (Å²) in [6.07, 6.45) is -3.54. The normalized spacial score (nSPS) is 19.4. The molecule has 0 aliphatic heterocycles. The van der Waals surface area contributed by atoms with Gasteiger partial charge in [-0.05, 0) is 41.6 Å². The molecule has 14 heteroatoms. The summed E-state index contributed by atoms with van der Waals surface area (Å²) in [5.41, 5.74) is 1.85. The van der Waals surface area contributed by atoms with Gasteiger partial charge in [-0.1, -0.05) is 24.3 Å². The van der Waals surface area contributed by atoms with E-state index in [0.29, 0.717) is 41.0 Å². The molecule has 1 aromatic carbocycles. The molecule has 9 nitrogen and oxygen atoms in total. The average Bonchev–Trinajstić information content (AvgIpc) is 3.50. The predicted octanol–water partition coefficient (Wildman–Crippen LogP) is 3.22. The highest BCUT2D eigenvalue weighted by Crippen LogP contribution is 2.37. The fourth-order valence-electron chi connectivity index (χ4n) is 4.82. The Balaban J connectivity index is 1.43. The van der Waals surface area contributed by atoms with Crippen LogP contribution in [0, 0.1) is 5.41 Å². The lowest BCUT2D eigenvalue weighted by atomic mass is 10.1. The van der Waals surface area contributed by atoms with E-state index >= 15 is 0 Å². The molecule has 5 N–H and O–H groups in total. The van der Waals surface area contributed by atoms with Gasteiger partial charge in [-0.3, -0.25) is 0 Å². The fraction of sp³-hybridized carbons (Fsp3) is 0.407. The minimum Gasteiger partial charge on any atom is -0.490 e. The highest BCUT2D eigenvalue weighted by Gasteiger charge is 2.37. The number of methoxy groups -OCH3 is 2. The Morgan fingerprint density at radius 3 is 2.59 bits per heavy atom. The van der Waals surface area contributed by atoms with Crippen LogP contribution in [0.25, 0.3) is 10.2 Å². The topological polar surface area (TPSA) is 129 Å². The second-order valence-corrected chi connectivity index (χ2v) is 11.2. The number of ether oxygens (including phenoxy) is 2. The number of aromatic nitrogens is 2. The number of aliphatic hydroxyl groups is 1. The van der Waals surface area contributed by atoms with Crippen molar-refractivity contribution in [2.45, 2.75) is 50.2 Å². The number of allylic oxidation sites excluding steroid dienone is 2. The molecule has 3 aromatic rings. The lowest BCUT2D eigenvalue weighted by molar-refractivity contribution is -0.126. The van der Waals surface area contributed by atoms with Gasteiger partial charge < -0.3 is 30.2 Å². The highest BCUT2D eigenvalue weighted by molar-refractivity contribution is 7.18. The molecular weight excluding hydrogens is 581 g/mol. The summed E-state index contributed by atoms with van der Waals surface area (Å²) >= 11 is 6.72. The molecule has 1 aliphatic carbocycles. The molecule has 1 fully saturated rings. The fourth-order valence-corrected chi connectivity index (χ4v) is 6.00. The van der Waals surface area contributed by atoms with Crippen molar-refractivity contribution in [3.05, 3.63) is 58.2 Å². The maximum absolute atomic E-state index is 13.0. The second kappa shape index (κ2) is 12.7. The van der Waals surface area contributed by atoms with Gasteiger partial charge in [0.1, 0.15) is 10.6 Å². The zero-order chi connectivity index (χ0) is 29.9. The summed E-state index contributed by atoms with van der Waals surface area (Å²) < 4.78 is 49.3. The van der Waals surface area contributed by atoms with E-state index in [2.05, 4.69) is 15.3 Å². The van der Waals surface area contributed by atoms with Gasteiger partial charge >= 0.3 is 17.4 Å². The zero-order valence-electron chi connectivity index (χ0n) is 22.6. The molecule has 0 spiro atoms. The SMILES string of the molecule is CO/C(=C/C(=N)c1ccc(CN[C@H]2C[C@@H](O)[C@@H](N(C)c3nc(OC)nc4sc(CC(F)(F)F)cc34)C2)cc1)C(=[NH2+])Cl. The van der Waals surface area contributed by atoms with Crippen molar-refractivity contribution in [2.75, 3.05) is 26.2 Å². The van der Waals surface area contributed by atoms with Crippen molar-refractivity contribution in [1.82, 2.24) is 15.3 Å². The summed E-state index contributed by atoms with van der Waals surface area (Å²) in [5, 5.41) is 28.6. The quantitative estimate of drug-likeness (QED) is 0.194. The number of nitrogens with two attached hydrogens (primary N) is 1. The van der Waals surface area contributed by atoms with E-state index in [1.807, 2.05) is 24.3 Å². The van der Waals surface area contributed by atoms with Crippen LogP contribution in [0.3, 0.4) is 0 Å². The molecular formula is C27H31ClF3N6O3S+. The number of alkyl halides is 3. The zero-order valence-corrected chi connectivity index (χ0v) is 24.2. The van der Waals surface area contributed by atoms with Gasteiger partial charge in [0, 0.05) is 30.6 Å². The van der Waals surface area contributed by atoms with Crippen molar-refractivity contribution in [2.24, 2.45) is 0 Å². The van der Waals surface area contributed by atoms with Crippen LogP contribution in [-0.2, 0) is 17.7 Å². The molecule has 0 bridgehead atoms. The number of thiophene rings is 1. The monoisotopic (exact) mass is 611 g/mol. The second-order valence-electron chi connectivity index (χ2n) is 9.72. The van der Waals surface area contributed by atoms with Crippen molar-refractivity contribution >= 4 is 49.9 Å². The summed E-state index contributed by atoms with van der Waals surface area (Å²) in [6, 6.07) is 8.62. The van der Waals surface area contributed by atoms with Crippen LogP contribution >= 0.6 is 22.9 Å². The van der Waals surface area contributed by atoms with Gasteiger partial charge in [0.15, 0.2) is 0 Å². The molecule has 4 rings (SSSR count). The number of nitrogens with one attached hydrogen (secondary N) is 2. The number of hydrogen-bond donors (Lipinski definition) is 4. The molecule has 0 amide bonds. The summed E-state index contributed by atoms with van der Waals surface area (Å²) in [7, 11) is 4.59. The lowest BCUT2D eigenvalue weighted by Gasteiger charge is -2.28. The van der Waals surface area contributed by atoms with Gasteiger partial charge in [0.2, 0.25) is 5.76 Å². The standard InChI is InChI=1S/C27H30ClF3N6O3S/c1-37(24-18-10-17(12-27(29,30)31)41-25(18)36-26(35-24)40-3)20-8-16(9-21(20)38)34-13-14-4-6-15(7-5-14)19(32)11-22(39-2)23(28)33/h4-7,10-11,16,20-21,32-34,38H,8-9,12-13H2,1-3H3/p+1/b22-11+,32-19?,33-23?/t16-,20+,21-/m1/s1. The van der Waals surface area contributed by atoms with E-state index in [1.54, 1.807) is 11.9 Å². The van der Waals surface area contributed by atoms with Crippen LogP contribution in [0.1, 0.15) is 28.8 Å². The van der Waals surface area contributed by atoms with E-state index in [-0.39, 0.29) is 39.6 Å². The van der Waals surface area contributed by atoms with E-state index in [4.69, 9.17) is 31.9 Å². The Morgan fingerprint density at radius 2 is 1.98 bits per heavy atom. The molecule has 1 saturated carbocycles. The lowest BCUT2D eigenvalue weighted by Crippen LogP contribution is -2.38. The molecule has 1 aliphatic rings. The first-order valence-electron chi connectivity index (χ1n) is 12.7. The highest BCUT2D eigenvalue weighted by atomic mass is 35.5. The number of fused-ring (bicyclic) bond motifs is 1. The Hall–Kier alpha value is -3.26. The molecule has 0 radical (unpaired) electrons. The van der Waals surface area contributed by atoms with Crippen molar-refractivity contribution in [1.29, 1.82) is 5.41 Å². The molecule has 0 saturated heterocycles. The van der Waals surface area contributed by atoms with E-state index in [0.717, 1.165) is 16.9 Å². The Morgan fingerprint density at radius 1 is 1.27 bits per heavy atom. The summed E-state index contributed by atoms with van der Waals surface area (Å²) in [4.78, 5) is 11.0.